The average Bonchev–Trinajstić information content (AvgIpc) is 2.96. The summed E-state index contributed by atoms with van der Waals surface area (Å²) in [6, 6.07) is 6.11. The van der Waals surface area contributed by atoms with Crippen LogP contribution in [0.4, 0.5) is 10.1 Å². The number of halogens is 1. The summed E-state index contributed by atoms with van der Waals surface area (Å²) in [7, 11) is 1.92. The normalized spacial score (nSPS) is 20.3. The molecular weight excluding hydrogens is 265 g/mol. The van der Waals surface area contributed by atoms with E-state index in [1.807, 2.05) is 13.1 Å². The summed E-state index contributed by atoms with van der Waals surface area (Å²) < 4.78 is 14.4. The highest BCUT2D eigenvalue weighted by atomic mass is 19.1. The van der Waals surface area contributed by atoms with Crippen molar-refractivity contribution in [2.24, 2.45) is 0 Å². The monoisotopic (exact) mass is 293 g/mol. The molecule has 1 aromatic carbocycles. The van der Waals surface area contributed by atoms with Gasteiger partial charge >= 0.3 is 0 Å². The first-order chi connectivity index (χ1) is 10.1. The van der Waals surface area contributed by atoms with Gasteiger partial charge in [-0.2, -0.15) is 0 Å². The zero-order valence-corrected chi connectivity index (χ0v) is 13.7. The first-order valence-corrected chi connectivity index (χ1v) is 8.07. The quantitative estimate of drug-likeness (QED) is 0.870. The highest BCUT2D eigenvalue weighted by molar-refractivity contribution is 5.57. The van der Waals surface area contributed by atoms with E-state index < -0.39 is 0 Å². The maximum atomic E-state index is 14.4. The van der Waals surface area contributed by atoms with Crippen molar-refractivity contribution in [1.82, 2.24) is 10.2 Å². The highest BCUT2D eigenvalue weighted by Gasteiger charge is 2.29. The van der Waals surface area contributed by atoms with E-state index in [1.54, 1.807) is 12.1 Å². The van der Waals surface area contributed by atoms with Gasteiger partial charge in [0.1, 0.15) is 5.82 Å². The number of likely N-dealkylation sites (N-methyl/N-ethyl adjacent to an activating group) is 1. The summed E-state index contributed by atoms with van der Waals surface area (Å²) in [6.07, 6.45) is 1.11. The van der Waals surface area contributed by atoms with Crippen LogP contribution in [0.3, 0.4) is 0 Å². The fourth-order valence-electron chi connectivity index (χ4n) is 3.35. The number of para-hydroxylation sites is 1. The molecule has 4 heteroatoms. The SMILES string of the molecule is CCN(CC)C1CCN(c2c(F)cccc2C(C)NC)C1. The second-order valence-electron chi connectivity index (χ2n) is 5.80. The molecule has 0 aliphatic carbocycles. The van der Waals surface area contributed by atoms with E-state index in [2.05, 4.69) is 35.9 Å². The minimum atomic E-state index is -0.102. The molecule has 1 heterocycles. The number of nitrogens with one attached hydrogen (secondary N) is 1. The third-order valence-corrected chi connectivity index (χ3v) is 4.73. The van der Waals surface area contributed by atoms with Crippen LogP contribution in [-0.4, -0.2) is 44.2 Å². The van der Waals surface area contributed by atoms with Crippen LogP contribution in [0.25, 0.3) is 0 Å². The Morgan fingerprint density at radius 3 is 2.71 bits per heavy atom. The zero-order valence-electron chi connectivity index (χ0n) is 13.7. The molecule has 2 unspecified atom stereocenters. The maximum Gasteiger partial charge on any atom is 0.146 e. The van der Waals surface area contributed by atoms with Gasteiger partial charge < -0.3 is 10.2 Å². The molecule has 21 heavy (non-hydrogen) atoms. The van der Waals surface area contributed by atoms with Crippen LogP contribution in [0.5, 0.6) is 0 Å². The molecular formula is C17H28FN3. The summed E-state index contributed by atoms with van der Waals surface area (Å²) in [5.74, 6) is -0.102. The van der Waals surface area contributed by atoms with E-state index in [9.17, 15) is 4.39 Å². The minimum absolute atomic E-state index is 0.102. The Labute approximate surface area is 128 Å². The van der Waals surface area contributed by atoms with Crippen LogP contribution in [0, 0.1) is 5.82 Å². The van der Waals surface area contributed by atoms with Crippen LogP contribution in [0.15, 0.2) is 18.2 Å². The van der Waals surface area contributed by atoms with E-state index >= 15 is 0 Å². The molecule has 0 amide bonds. The number of anilines is 1. The van der Waals surface area contributed by atoms with Gasteiger partial charge in [0.15, 0.2) is 0 Å². The Bertz CT molecular complexity index is 459. The predicted molar refractivity (Wildman–Crippen MR) is 87.4 cm³/mol. The second kappa shape index (κ2) is 7.23. The molecule has 2 atom stereocenters. The lowest BCUT2D eigenvalue weighted by molar-refractivity contribution is 0.232. The summed E-state index contributed by atoms with van der Waals surface area (Å²) >= 11 is 0. The minimum Gasteiger partial charge on any atom is -0.367 e. The molecule has 2 rings (SSSR count). The Morgan fingerprint density at radius 1 is 1.38 bits per heavy atom. The van der Waals surface area contributed by atoms with Gasteiger partial charge in [-0.15, -0.1) is 0 Å². The van der Waals surface area contributed by atoms with Crippen LogP contribution < -0.4 is 10.2 Å². The predicted octanol–water partition coefficient (Wildman–Crippen LogP) is 3.03. The summed E-state index contributed by atoms with van der Waals surface area (Å²) in [4.78, 5) is 4.70. The lowest BCUT2D eigenvalue weighted by Crippen LogP contribution is -2.37. The Balaban J connectivity index is 2.23. The first-order valence-electron chi connectivity index (χ1n) is 8.07. The van der Waals surface area contributed by atoms with Crippen LogP contribution >= 0.6 is 0 Å². The fourth-order valence-corrected chi connectivity index (χ4v) is 3.35. The van der Waals surface area contributed by atoms with E-state index in [-0.39, 0.29) is 11.9 Å². The van der Waals surface area contributed by atoms with Gasteiger partial charge in [0.05, 0.1) is 5.69 Å². The van der Waals surface area contributed by atoms with Gasteiger partial charge in [-0.3, -0.25) is 4.90 Å². The van der Waals surface area contributed by atoms with Gasteiger partial charge in [0, 0.05) is 25.2 Å². The number of hydrogen-bond acceptors (Lipinski definition) is 3. The Hall–Kier alpha value is -1.13. The van der Waals surface area contributed by atoms with Crippen molar-refractivity contribution in [1.29, 1.82) is 0 Å². The lowest BCUT2D eigenvalue weighted by Gasteiger charge is -2.28. The molecule has 0 aromatic heterocycles. The van der Waals surface area contributed by atoms with E-state index in [4.69, 9.17) is 0 Å². The number of hydrogen-bond donors (Lipinski definition) is 1. The van der Waals surface area contributed by atoms with Crippen molar-refractivity contribution < 1.29 is 4.39 Å². The molecule has 3 nitrogen and oxygen atoms in total. The van der Waals surface area contributed by atoms with Gasteiger partial charge in [-0.1, -0.05) is 26.0 Å². The maximum absolute atomic E-state index is 14.4. The topological polar surface area (TPSA) is 18.5 Å². The van der Waals surface area contributed by atoms with Crippen molar-refractivity contribution in [2.75, 3.05) is 38.1 Å². The fraction of sp³-hybridized carbons (Fsp3) is 0.647. The molecule has 0 bridgehead atoms. The third-order valence-electron chi connectivity index (χ3n) is 4.73. The number of benzene rings is 1. The smallest absolute Gasteiger partial charge is 0.146 e. The standard InChI is InChI=1S/C17H28FN3/c1-5-20(6-2)14-10-11-21(12-14)17-15(13(3)19-4)8-7-9-16(17)18/h7-9,13-14,19H,5-6,10-12H2,1-4H3. The van der Waals surface area contributed by atoms with E-state index in [0.29, 0.717) is 6.04 Å². The molecule has 1 aromatic rings. The van der Waals surface area contributed by atoms with E-state index in [0.717, 1.165) is 43.9 Å². The molecule has 0 radical (unpaired) electrons. The van der Waals surface area contributed by atoms with Crippen molar-refractivity contribution in [3.8, 4) is 0 Å². The molecule has 1 fully saturated rings. The largest absolute Gasteiger partial charge is 0.367 e. The van der Waals surface area contributed by atoms with Crippen LogP contribution in [0.1, 0.15) is 38.8 Å². The Morgan fingerprint density at radius 2 is 2.10 bits per heavy atom. The molecule has 118 valence electrons. The third kappa shape index (κ3) is 3.38. The second-order valence-corrected chi connectivity index (χ2v) is 5.80. The van der Waals surface area contributed by atoms with Crippen molar-refractivity contribution in [3.63, 3.8) is 0 Å². The molecule has 1 N–H and O–H groups in total. The van der Waals surface area contributed by atoms with Crippen molar-refractivity contribution >= 4 is 5.69 Å². The number of nitrogens with zero attached hydrogens (tertiary/aromatic N) is 2. The van der Waals surface area contributed by atoms with Gasteiger partial charge in [0.25, 0.3) is 0 Å². The number of rotatable bonds is 6. The van der Waals surface area contributed by atoms with Crippen LogP contribution in [-0.2, 0) is 0 Å². The zero-order chi connectivity index (χ0) is 15.4. The molecule has 1 saturated heterocycles. The summed E-state index contributed by atoms with van der Waals surface area (Å²) in [5.41, 5.74) is 1.84. The molecule has 1 aliphatic heterocycles. The van der Waals surface area contributed by atoms with E-state index in [1.165, 1.54) is 0 Å². The highest BCUT2D eigenvalue weighted by Crippen LogP contribution is 2.32. The summed E-state index contributed by atoms with van der Waals surface area (Å²) in [6.45, 7) is 10.5. The molecule has 1 aliphatic rings. The van der Waals surface area contributed by atoms with Crippen LogP contribution in [0.2, 0.25) is 0 Å². The van der Waals surface area contributed by atoms with Gasteiger partial charge in [-0.25, -0.2) is 4.39 Å². The van der Waals surface area contributed by atoms with Crippen molar-refractivity contribution in [2.45, 2.75) is 39.3 Å². The lowest BCUT2D eigenvalue weighted by atomic mass is 10.0. The first kappa shape index (κ1) is 16.2. The summed E-state index contributed by atoms with van der Waals surface area (Å²) in [5, 5.41) is 3.22. The van der Waals surface area contributed by atoms with Crippen molar-refractivity contribution in [3.05, 3.63) is 29.6 Å². The van der Waals surface area contributed by atoms with Gasteiger partial charge in [-0.05, 0) is 45.1 Å². The average molecular weight is 293 g/mol. The molecule has 0 spiro atoms. The molecule has 0 saturated carbocycles. The van der Waals surface area contributed by atoms with Gasteiger partial charge in [0.2, 0.25) is 0 Å². The Kier molecular flexibility index (Phi) is 5.59.